The Labute approximate surface area is 131 Å². The van der Waals surface area contributed by atoms with Gasteiger partial charge in [-0.05, 0) is 24.3 Å². The second-order valence-corrected chi connectivity index (χ2v) is 4.97. The van der Waals surface area contributed by atoms with Crippen LogP contribution in [0.3, 0.4) is 0 Å². The second kappa shape index (κ2) is 5.65. The summed E-state index contributed by atoms with van der Waals surface area (Å²) in [6, 6.07) is 6.94. The fourth-order valence-corrected chi connectivity index (χ4v) is 2.17. The molecule has 3 rings (SSSR count). The third kappa shape index (κ3) is 3.04. The average Bonchev–Trinajstić information content (AvgIpc) is 2.90. The molecule has 3 aromatic rings. The first-order valence-corrected chi connectivity index (χ1v) is 6.70. The molecule has 120 valence electrons. The van der Waals surface area contributed by atoms with E-state index in [4.69, 9.17) is 11.6 Å². The molecule has 0 spiro atoms. The maximum Gasteiger partial charge on any atom is 0.453 e. The monoisotopic (exact) mass is 345 g/mol. The van der Waals surface area contributed by atoms with Gasteiger partial charge < -0.3 is 5.32 Å². The fourth-order valence-electron chi connectivity index (χ4n) is 1.94. The van der Waals surface area contributed by atoms with E-state index in [1.165, 1.54) is 30.3 Å². The van der Waals surface area contributed by atoms with Crippen molar-refractivity contribution >= 4 is 23.1 Å². The second-order valence-electron chi connectivity index (χ2n) is 4.56. The minimum absolute atomic E-state index is 0.0342. The standard InChI is InChI=1S/C13H8ClF4N5/c14-8-2-1-3-9(15)7(8)6-19-10-4-5-11-20-21-12(13(16,17)18)23(11)22-10/h1-5H,6H2,(H,19,22). The summed E-state index contributed by atoms with van der Waals surface area (Å²) in [5, 5.41) is 13.2. The minimum Gasteiger partial charge on any atom is -0.364 e. The van der Waals surface area contributed by atoms with Gasteiger partial charge in [-0.25, -0.2) is 4.39 Å². The Bertz CT molecular complexity index is 841. The summed E-state index contributed by atoms with van der Waals surface area (Å²) in [5.74, 6) is -1.66. The molecule has 23 heavy (non-hydrogen) atoms. The van der Waals surface area contributed by atoms with Gasteiger partial charge in [-0.1, -0.05) is 17.7 Å². The van der Waals surface area contributed by atoms with Crippen LogP contribution in [0.25, 0.3) is 5.65 Å². The number of hydrogen-bond donors (Lipinski definition) is 1. The van der Waals surface area contributed by atoms with Gasteiger partial charge in [0.15, 0.2) is 5.65 Å². The van der Waals surface area contributed by atoms with Crippen molar-refractivity contribution in [3.05, 3.63) is 52.6 Å². The molecule has 0 bridgehead atoms. The number of nitrogens with one attached hydrogen (secondary N) is 1. The van der Waals surface area contributed by atoms with Gasteiger partial charge in [0.2, 0.25) is 0 Å². The number of benzene rings is 1. The summed E-state index contributed by atoms with van der Waals surface area (Å²) in [5.41, 5.74) is 0.141. The molecule has 0 radical (unpaired) electrons. The van der Waals surface area contributed by atoms with E-state index in [9.17, 15) is 17.6 Å². The van der Waals surface area contributed by atoms with Gasteiger partial charge in [-0.15, -0.1) is 15.3 Å². The van der Waals surface area contributed by atoms with Gasteiger partial charge in [0, 0.05) is 17.1 Å². The lowest BCUT2D eigenvalue weighted by Crippen LogP contribution is -2.13. The number of hydrogen-bond acceptors (Lipinski definition) is 4. The highest BCUT2D eigenvalue weighted by molar-refractivity contribution is 6.31. The highest BCUT2D eigenvalue weighted by atomic mass is 35.5. The van der Waals surface area contributed by atoms with Crippen molar-refractivity contribution in [2.45, 2.75) is 12.7 Å². The Morgan fingerprint density at radius 3 is 2.61 bits per heavy atom. The smallest absolute Gasteiger partial charge is 0.364 e. The quantitative estimate of drug-likeness (QED) is 0.738. The van der Waals surface area contributed by atoms with E-state index >= 15 is 0 Å². The van der Waals surface area contributed by atoms with Gasteiger partial charge in [0.25, 0.3) is 5.82 Å². The van der Waals surface area contributed by atoms with Crippen molar-refractivity contribution < 1.29 is 17.6 Å². The molecule has 5 nitrogen and oxygen atoms in total. The largest absolute Gasteiger partial charge is 0.453 e. The molecule has 0 aliphatic heterocycles. The SMILES string of the molecule is Fc1cccc(Cl)c1CNc1ccc2nnc(C(F)(F)F)n2n1. The fraction of sp³-hybridized carbons (Fsp3) is 0.154. The van der Waals surface area contributed by atoms with Crippen molar-refractivity contribution in [2.75, 3.05) is 5.32 Å². The first-order chi connectivity index (χ1) is 10.9. The zero-order valence-electron chi connectivity index (χ0n) is 11.3. The van der Waals surface area contributed by atoms with E-state index < -0.39 is 17.8 Å². The summed E-state index contributed by atoms with van der Waals surface area (Å²) in [6.07, 6.45) is -4.68. The molecule has 0 aliphatic carbocycles. The Hall–Kier alpha value is -2.42. The third-order valence-corrected chi connectivity index (χ3v) is 3.38. The van der Waals surface area contributed by atoms with Crippen LogP contribution >= 0.6 is 11.6 Å². The Balaban J connectivity index is 1.89. The number of halogens is 5. The van der Waals surface area contributed by atoms with Crippen molar-refractivity contribution in [3.63, 3.8) is 0 Å². The van der Waals surface area contributed by atoms with Crippen LogP contribution in [-0.2, 0) is 12.7 Å². The van der Waals surface area contributed by atoms with Crippen LogP contribution in [0.1, 0.15) is 11.4 Å². The molecule has 10 heteroatoms. The van der Waals surface area contributed by atoms with E-state index in [1.807, 2.05) is 0 Å². The number of anilines is 1. The van der Waals surface area contributed by atoms with E-state index in [1.54, 1.807) is 0 Å². The Morgan fingerprint density at radius 2 is 1.91 bits per heavy atom. The van der Waals surface area contributed by atoms with E-state index in [2.05, 4.69) is 20.6 Å². The number of rotatable bonds is 3. The highest BCUT2D eigenvalue weighted by Gasteiger charge is 2.37. The maximum absolute atomic E-state index is 13.7. The van der Waals surface area contributed by atoms with E-state index in [-0.39, 0.29) is 28.6 Å². The van der Waals surface area contributed by atoms with Gasteiger partial charge in [0.05, 0.1) is 0 Å². The van der Waals surface area contributed by atoms with Crippen molar-refractivity contribution in [1.29, 1.82) is 0 Å². The zero-order valence-corrected chi connectivity index (χ0v) is 12.0. The molecule has 0 atom stereocenters. The summed E-state index contributed by atoms with van der Waals surface area (Å²) in [7, 11) is 0. The normalized spacial score (nSPS) is 11.9. The first kappa shape index (κ1) is 15.5. The summed E-state index contributed by atoms with van der Waals surface area (Å²) < 4.78 is 52.6. The van der Waals surface area contributed by atoms with Crippen LogP contribution in [0.5, 0.6) is 0 Å². The highest BCUT2D eigenvalue weighted by Crippen LogP contribution is 2.27. The van der Waals surface area contributed by atoms with Gasteiger partial charge in [0.1, 0.15) is 11.6 Å². The zero-order chi connectivity index (χ0) is 16.6. The van der Waals surface area contributed by atoms with Crippen LogP contribution in [0.2, 0.25) is 5.02 Å². The van der Waals surface area contributed by atoms with Gasteiger partial charge in [-0.2, -0.15) is 17.7 Å². The lowest BCUT2D eigenvalue weighted by atomic mass is 10.2. The number of alkyl halides is 3. The molecule has 0 saturated heterocycles. The van der Waals surface area contributed by atoms with Crippen molar-refractivity contribution in [2.24, 2.45) is 0 Å². The van der Waals surface area contributed by atoms with Crippen LogP contribution in [0.4, 0.5) is 23.4 Å². The molecule has 0 unspecified atom stereocenters. The lowest BCUT2D eigenvalue weighted by Gasteiger charge is -2.09. The molecule has 0 fully saturated rings. The van der Waals surface area contributed by atoms with Crippen LogP contribution < -0.4 is 5.32 Å². The third-order valence-electron chi connectivity index (χ3n) is 3.02. The summed E-state index contributed by atoms with van der Waals surface area (Å²) in [6.45, 7) is -0.0342. The van der Waals surface area contributed by atoms with Crippen molar-refractivity contribution in [3.8, 4) is 0 Å². The van der Waals surface area contributed by atoms with Gasteiger partial charge in [-0.3, -0.25) is 0 Å². The summed E-state index contributed by atoms with van der Waals surface area (Å²) in [4.78, 5) is 0. The van der Waals surface area contributed by atoms with Crippen molar-refractivity contribution in [1.82, 2.24) is 19.8 Å². The predicted octanol–water partition coefficient (Wildman–Crippen LogP) is 3.55. The van der Waals surface area contributed by atoms with E-state index in [0.29, 0.717) is 4.52 Å². The average molecular weight is 346 g/mol. The minimum atomic E-state index is -4.68. The molecule has 0 saturated carbocycles. The van der Waals surface area contributed by atoms with Crippen LogP contribution in [0.15, 0.2) is 30.3 Å². The number of aromatic nitrogens is 4. The topological polar surface area (TPSA) is 55.1 Å². The first-order valence-electron chi connectivity index (χ1n) is 6.32. The predicted molar refractivity (Wildman–Crippen MR) is 74.5 cm³/mol. The molecule has 2 aromatic heterocycles. The molecular formula is C13H8ClF4N5. The number of nitrogens with zero attached hydrogens (tertiary/aromatic N) is 4. The lowest BCUT2D eigenvalue weighted by molar-refractivity contribution is -0.146. The van der Waals surface area contributed by atoms with Crippen LogP contribution in [-0.4, -0.2) is 19.8 Å². The molecule has 1 N–H and O–H groups in total. The maximum atomic E-state index is 13.7. The summed E-state index contributed by atoms with van der Waals surface area (Å²) >= 11 is 5.88. The molecule has 0 aliphatic rings. The molecule has 1 aromatic carbocycles. The Kier molecular flexibility index (Phi) is 3.80. The number of fused-ring (bicyclic) bond motifs is 1. The Morgan fingerprint density at radius 1 is 1.13 bits per heavy atom. The molecule has 0 amide bonds. The molecule has 2 heterocycles. The molecular weight excluding hydrogens is 338 g/mol. The van der Waals surface area contributed by atoms with Gasteiger partial charge >= 0.3 is 6.18 Å². The van der Waals surface area contributed by atoms with E-state index in [0.717, 1.165) is 0 Å². The van der Waals surface area contributed by atoms with Crippen LogP contribution in [0, 0.1) is 5.82 Å².